The molecule has 0 aromatic carbocycles. The average molecular weight is 153 g/mol. The van der Waals surface area contributed by atoms with Crippen molar-refractivity contribution in [2.75, 3.05) is 26.0 Å². The maximum Gasteiger partial charge on any atom is 0.510 e. The molecule has 54 valence electrons. The molecular formula is C4H10O4P+. The van der Waals surface area contributed by atoms with Crippen molar-refractivity contribution in [2.45, 2.75) is 0 Å². The van der Waals surface area contributed by atoms with E-state index in [9.17, 15) is 4.57 Å². The van der Waals surface area contributed by atoms with Crippen LogP contribution in [0, 0.1) is 0 Å². The van der Waals surface area contributed by atoms with E-state index in [4.69, 9.17) is 10.2 Å². The van der Waals surface area contributed by atoms with Gasteiger partial charge in [0.2, 0.25) is 6.16 Å². The molecule has 0 saturated heterocycles. The van der Waals surface area contributed by atoms with E-state index in [0.717, 1.165) is 0 Å². The molecule has 2 N–H and O–H groups in total. The van der Waals surface area contributed by atoms with Crippen LogP contribution in [0.25, 0.3) is 0 Å². The second-order valence-corrected chi connectivity index (χ2v) is 2.71. The summed E-state index contributed by atoms with van der Waals surface area (Å²) in [5.41, 5.74) is 0. The minimum Gasteiger partial charge on any atom is -0.394 e. The molecule has 5 heteroatoms. The van der Waals surface area contributed by atoms with E-state index in [1.807, 2.05) is 0 Å². The number of aliphatic hydroxyl groups excluding tert-OH is 2. The lowest BCUT2D eigenvalue weighted by molar-refractivity contribution is 0.206. The van der Waals surface area contributed by atoms with Crippen molar-refractivity contribution in [3.63, 3.8) is 0 Å². The van der Waals surface area contributed by atoms with Crippen molar-refractivity contribution in [2.24, 2.45) is 0 Å². The zero-order valence-electron chi connectivity index (χ0n) is 4.99. The van der Waals surface area contributed by atoms with Crippen LogP contribution in [-0.2, 0) is 9.09 Å². The van der Waals surface area contributed by atoms with E-state index < -0.39 is 8.03 Å². The normalized spacial score (nSPS) is 11.6. The van der Waals surface area contributed by atoms with Crippen LogP contribution in [-0.4, -0.2) is 36.2 Å². The van der Waals surface area contributed by atoms with E-state index in [1.54, 1.807) is 0 Å². The Morgan fingerprint density at radius 3 is 2.44 bits per heavy atom. The first-order valence-corrected chi connectivity index (χ1v) is 3.97. The molecule has 0 bridgehead atoms. The molecule has 0 aromatic heterocycles. The molecule has 0 amide bonds. The molecule has 0 spiro atoms. The van der Waals surface area contributed by atoms with Gasteiger partial charge in [0, 0.05) is 0 Å². The summed E-state index contributed by atoms with van der Waals surface area (Å²) in [4.78, 5) is 0. The first-order valence-electron chi connectivity index (χ1n) is 2.60. The summed E-state index contributed by atoms with van der Waals surface area (Å²) in [6, 6.07) is 0. The van der Waals surface area contributed by atoms with Gasteiger partial charge < -0.3 is 10.2 Å². The van der Waals surface area contributed by atoms with Crippen molar-refractivity contribution in [3.05, 3.63) is 0 Å². The van der Waals surface area contributed by atoms with Gasteiger partial charge in [-0.3, -0.25) is 0 Å². The Kier molecular flexibility index (Phi) is 6.09. The maximum absolute atomic E-state index is 10.5. The summed E-state index contributed by atoms with van der Waals surface area (Å²) >= 11 is 0. The first kappa shape index (κ1) is 8.98. The third-order valence-electron chi connectivity index (χ3n) is 0.609. The second-order valence-electron chi connectivity index (χ2n) is 1.34. The number of rotatable bonds is 5. The van der Waals surface area contributed by atoms with E-state index >= 15 is 0 Å². The molecule has 0 saturated carbocycles. The van der Waals surface area contributed by atoms with Crippen molar-refractivity contribution in [3.8, 4) is 0 Å². The smallest absolute Gasteiger partial charge is 0.394 e. The number of hydrogen-bond acceptors (Lipinski definition) is 4. The zero-order valence-corrected chi connectivity index (χ0v) is 5.88. The molecule has 0 fully saturated rings. The van der Waals surface area contributed by atoms with Gasteiger partial charge in [-0.05, 0) is 4.57 Å². The van der Waals surface area contributed by atoms with Crippen LogP contribution in [0.1, 0.15) is 0 Å². The van der Waals surface area contributed by atoms with E-state index in [0.29, 0.717) is 0 Å². The standard InChI is InChI=1S/C4H10O4P/c5-1-3-8-9(7)4-2-6/h5-6H,1-4H2/q+1. The van der Waals surface area contributed by atoms with Crippen LogP contribution in [0.3, 0.4) is 0 Å². The van der Waals surface area contributed by atoms with E-state index in [-0.39, 0.29) is 26.0 Å². The van der Waals surface area contributed by atoms with Crippen molar-refractivity contribution in [1.29, 1.82) is 0 Å². The third-order valence-corrected chi connectivity index (χ3v) is 1.64. The Morgan fingerprint density at radius 1 is 1.33 bits per heavy atom. The van der Waals surface area contributed by atoms with Gasteiger partial charge in [0.15, 0.2) is 0 Å². The summed E-state index contributed by atoms with van der Waals surface area (Å²) in [6.45, 7) is -0.192. The predicted octanol–water partition coefficient (Wildman–Crippen LogP) is -0.270. The fourth-order valence-corrected chi connectivity index (χ4v) is 0.867. The summed E-state index contributed by atoms with van der Waals surface area (Å²) in [5, 5.41) is 16.4. The highest BCUT2D eigenvalue weighted by Crippen LogP contribution is 2.19. The van der Waals surface area contributed by atoms with Gasteiger partial charge in [0.05, 0.1) is 13.2 Å². The fourth-order valence-electron chi connectivity index (χ4n) is 0.289. The SMILES string of the molecule is O=[P+](CCO)OCCO. The van der Waals surface area contributed by atoms with Gasteiger partial charge in [-0.25, -0.2) is 0 Å². The Balaban J connectivity index is 3.06. The minimum atomic E-state index is -1.75. The highest BCUT2D eigenvalue weighted by atomic mass is 31.1. The highest BCUT2D eigenvalue weighted by molar-refractivity contribution is 7.39. The molecule has 0 heterocycles. The molecule has 0 aliphatic heterocycles. The van der Waals surface area contributed by atoms with Crippen molar-refractivity contribution < 1.29 is 19.3 Å². The largest absolute Gasteiger partial charge is 0.510 e. The Hall–Kier alpha value is -0.0200. The van der Waals surface area contributed by atoms with Gasteiger partial charge >= 0.3 is 8.03 Å². The van der Waals surface area contributed by atoms with Crippen LogP contribution < -0.4 is 0 Å². The number of hydrogen-bond donors (Lipinski definition) is 2. The first-order chi connectivity index (χ1) is 4.31. The monoisotopic (exact) mass is 153 g/mol. The topological polar surface area (TPSA) is 66.8 Å². The van der Waals surface area contributed by atoms with Crippen LogP contribution in [0.2, 0.25) is 0 Å². The van der Waals surface area contributed by atoms with E-state index in [2.05, 4.69) is 4.52 Å². The van der Waals surface area contributed by atoms with Crippen LogP contribution >= 0.6 is 8.03 Å². The lowest BCUT2D eigenvalue weighted by Gasteiger charge is -1.83. The zero-order chi connectivity index (χ0) is 7.11. The molecule has 0 aliphatic rings. The average Bonchev–Trinajstić information content (AvgIpc) is 1.85. The van der Waals surface area contributed by atoms with Gasteiger partial charge in [-0.15, -0.1) is 4.52 Å². The van der Waals surface area contributed by atoms with Gasteiger partial charge in [-0.2, -0.15) is 0 Å². The van der Waals surface area contributed by atoms with Crippen LogP contribution in [0.5, 0.6) is 0 Å². The lowest BCUT2D eigenvalue weighted by atomic mass is 10.8. The van der Waals surface area contributed by atoms with E-state index in [1.165, 1.54) is 0 Å². The Bertz CT molecular complexity index is 84.6. The molecule has 0 rings (SSSR count). The molecule has 0 radical (unpaired) electrons. The summed E-state index contributed by atoms with van der Waals surface area (Å²) < 4.78 is 15.0. The molecule has 0 aliphatic carbocycles. The number of aliphatic hydroxyl groups is 2. The molecule has 0 aromatic rings. The van der Waals surface area contributed by atoms with Gasteiger partial charge in [-0.1, -0.05) is 0 Å². The third kappa shape index (κ3) is 5.86. The second kappa shape index (κ2) is 6.11. The minimum absolute atomic E-state index is 0.0786. The van der Waals surface area contributed by atoms with Crippen molar-refractivity contribution >= 4 is 8.03 Å². The van der Waals surface area contributed by atoms with Crippen molar-refractivity contribution in [1.82, 2.24) is 0 Å². The molecule has 1 unspecified atom stereocenters. The Morgan fingerprint density at radius 2 is 2.00 bits per heavy atom. The quantitative estimate of drug-likeness (QED) is 0.533. The molecular weight excluding hydrogens is 143 g/mol. The van der Waals surface area contributed by atoms with Gasteiger partial charge in [0.25, 0.3) is 0 Å². The molecule has 1 atom stereocenters. The Labute approximate surface area is 54.3 Å². The summed E-state index contributed by atoms with van der Waals surface area (Å²) in [6.07, 6.45) is 0.148. The predicted molar refractivity (Wildman–Crippen MR) is 32.6 cm³/mol. The lowest BCUT2D eigenvalue weighted by Crippen LogP contribution is -1.95. The van der Waals surface area contributed by atoms with Crippen LogP contribution in [0.4, 0.5) is 0 Å². The van der Waals surface area contributed by atoms with Crippen LogP contribution in [0.15, 0.2) is 0 Å². The highest BCUT2D eigenvalue weighted by Gasteiger charge is 2.14. The van der Waals surface area contributed by atoms with Gasteiger partial charge in [0.1, 0.15) is 6.61 Å². The molecule has 9 heavy (non-hydrogen) atoms. The molecule has 4 nitrogen and oxygen atoms in total. The fraction of sp³-hybridized carbons (Fsp3) is 1.00. The maximum atomic E-state index is 10.5. The summed E-state index contributed by atoms with van der Waals surface area (Å²) in [7, 11) is -1.75. The summed E-state index contributed by atoms with van der Waals surface area (Å²) in [5.74, 6) is 0.